The van der Waals surface area contributed by atoms with E-state index in [-0.39, 0.29) is 0 Å². The second-order valence-electron chi connectivity index (χ2n) is 14.3. The maximum absolute atomic E-state index is 5.18. The van der Waals surface area contributed by atoms with E-state index in [0.29, 0.717) is 17.5 Å². The summed E-state index contributed by atoms with van der Waals surface area (Å²) < 4.78 is 5.10. The number of para-hydroxylation sites is 1. The zero-order valence-corrected chi connectivity index (χ0v) is 30.8. The van der Waals surface area contributed by atoms with Gasteiger partial charge in [-0.3, -0.25) is 0 Å². The summed E-state index contributed by atoms with van der Waals surface area (Å²) in [7, 11) is 0. The molecule has 12 aromatic rings. The van der Waals surface area contributed by atoms with Gasteiger partial charge < -0.3 is 4.57 Å². The zero-order chi connectivity index (χ0) is 36.7. The van der Waals surface area contributed by atoms with E-state index in [9.17, 15) is 0 Å². The highest BCUT2D eigenvalue weighted by atomic mass is 32.1. The summed E-state index contributed by atoms with van der Waals surface area (Å²) in [5.74, 6) is 1.95. The Morgan fingerprint density at radius 3 is 1.70 bits per heavy atom. The molecule has 56 heavy (non-hydrogen) atoms. The van der Waals surface area contributed by atoms with Crippen LogP contribution in [0.1, 0.15) is 0 Å². The van der Waals surface area contributed by atoms with Gasteiger partial charge in [0, 0.05) is 58.7 Å². The van der Waals surface area contributed by atoms with Crippen LogP contribution in [-0.4, -0.2) is 19.5 Å². The number of nitrogens with zero attached hydrogens (tertiary/aromatic N) is 4. The fraction of sp³-hybridized carbons (Fsp3) is 0. The molecule has 0 amide bonds. The summed E-state index contributed by atoms with van der Waals surface area (Å²) in [5, 5.41) is 12.3. The Bertz CT molecular complexity index is 3470. The first-order chi connectivity index (χ1) is 27.8. The topological polar surface area (TPSA) is 43.6 Å². The van der Waals surface area contributed by atoms with Crippen molar-refractivity contribution >= 4 is 85.6 Å². The normalized spacial score (nSPS) is 11.9. The van der Waals surface area contributed by atoms with Gasteiger partial charge in [-0.25, -0.2) is 15.0 Å². The molecule has 9 aromatic carbocycles. The van der Waals surface area contributed by atoms with E-state index in [2.05, 4.69) is 150 Å². The van der Waals surface area contributed by atoms with Crippen molar-refractivity contribution in [2.75, 3.05) is 0 Å². The van der Waals surface area contributed by atoms with Crippen molar-refractivity contribution in [3.63, 3.8) is 0 Å². The molecule has 0 fully saturated rings. The average Bonchev–Trinajstić information content (AvgIpc) is 3.82. The van der Waals surface area contributed by atoms with Gasteiger partial charge in [0.25, 0.3) is 0 Å². The molecule has 5 heteroatoms. The van der Waals surface area contributed by atoms with Crippen LogP contribution in [0.3, 0.4) is 0 Å². The highest BCUT2D eigenvalue weighted by Crippen LogP contribution is 2.45. The standard InChI is InChI=1S/C51H30N4S/c1-3-14-31(15-4-1)49-52-50(32-16-5-2-6-17-32)54-51(53-49)41-23-13-22-38-42-30-33(26-27-35(42)34-18-7-8-20-37(34)46(38)41)55-43-24-11-9-21-40(43)47-44(55)29-28-39-36-19-10-12-25-45(36)56-48(39)47/h1-30H. The lowest BCUT2D eigenvalue weighted by Gasteiger charge is -2.16. The molecule has 12 rings (SSSR count). The van der Waals surface area contributed by atoms with E-state index in [1.807, 2.05) is 47.7 Å². The van der Waals surface area contributed by atoms with E-state index in [1.54, 1.807) is 0 Å². The van der Waals surface area contributed by atoms with E-state index in [0.717, 1.165) is 33.2 Å². The molecule has 0 aliphatic rings. The summed E-state index contributed by atoms with van der Waals surface area (Å²) in [6.45, 7) is 0. The average molecular weight is 731 g/mol. The van der Waals surface area contributed by atoms with Gasteiger partial charge in [0.15, 0.2) is 17.5 Å². The van der Waals surface area contributed by atoms with Crippen LogP contribution < -0.4 is 0 Å². The highest BCUT2D eigenvalue weighted by Gasteiger charge is 2.20. The van der Waals surface area contributed by atoms with Crippen LogP contribution in [0.15, 0.2) is 182 Å². The van der Waals surface area contributed by atoms with Crippen LogP contribution in [0.2, 0.25) is 0 Å². The predicted molar refractivity (Wildman–Crippen MR) is 236 cm³/mol. The zero-order valence-electron chi connectivity index (χ0n) is 30.0. The molecule has 0 radical (unpaired) electrons. The first-order valence-corrected chi connectivity index (χ1v) is 19.7. The molecule has 3 heterocycles. The van der Waals surface area contributed by atoms with Gasteiger partial charge in [-0.05, 0) is 57.3 Å². The lowest BCUT2D eigenvalue weighted by atomic mass is 9.91. The van der Waals surface area contributed by atoms with Gasteiger partial charge in [-0.2, -0.15) is 0 Å². The van der Waals surface area contributed by atoms with Crippen molar-refractivity contribution in [1.82, 2.24) is 19.5 Å². The Kier molecular flexibility index (Phi) is 6.76. The third kappa shape index (κ3) is 4.62. The van der Waals surface area contributed by atoms with Crippen molar-refractivity contribution in [1.29, 1.82) is 0 Å². The molecule has 0 spiro atoms. The predicted octanol–water partition coefficient (Wildman–Crippen LogP) is 13.8. The third-order valence-electron chi connectivity index (χ3n) is 11.2. The van der Waals surface area contributed by atoms with Crippen molar-refractivity contribution in [3.8, 4) is 39.9 Å². The smallest absolute Gasteiger partial charge is 0.164 e. The highest BCUT2D eigenvalue weighted by molar-refractivity contribution is 7.26. The minimum absolute atomic E-state index is 0.651. The summed E-state index contributed by atoms with van der Waals surface area (Å²) in [5.41, 5.74) is 6.42. The number of hydrogen-bond donors (Lipinski definition) is 0. The Balaban J connectivity index is 1.15. The molecule has 4 nitrogen and oxygen atoms in total. The van der Waals surface area contributed by atoms with Gasteiger partial charge >= 0.3 is 0 Å². The Morgan fingerprint density at radius 2 is 0.929 bits per heavy atom. The van der Waals surface area contributed by atoms with E-state index in [1.165, 1.54) is 63.5 Å². The monoisotopic (exact) mass is 730 g/mol. The quantitative estimate of drug-likeness (QED) is 0.169. The first-order valence-electron chi connectivity index (χ1n) is 18.9. The Labute approximate surface area is 325 Å². The number of aromatic nitrogens is 4. The number of rotatable bonds is 4. The minimum atomic E-state index is 0.651. The molecule has 0 unspecified atom stereocenters. The Morgan fingerprint density at radius 1 is 0.357 bits per heavy atom. The number of hydrogen-bond acceptors (Lipinski definition) is 4. The van der Waals surface area contributed by atoms with Gasteiger partial charge in [0.2, 0.25) is 0 Å². The lowest BCUT2D eigenvalue weighted by molar-refractivity contribution is 1.08. The van der Waals surface area contributed by atoms with E-state index < -0.39 is 0 Å². The number of thiophene rings is 1. The second-order valence-corrected chi connectivity index (χ2v) is 15.4. The Hall–Kier alpha value is -7.21. The summed E-state index contributed by atoms with van der Waals surface area (Å²) in [6, 6.07) is 64.9. The minimum Gasteiger partial charge on any atom is -0.309 e. The first kappa shape index (κ1) is 31.2. The molecule has 260 valence electrons. The summed E-state index contributed by atoms with van der Waals surface area (Å²) in [6.07, 6.45) is 0. The second kappa shape index (κ2) is 12.2. The van der Waals surface area contributed by atoms with Crippen molar-refractivity contribution in [3.05, 3.63) is 182 Å². The van der Waals surface area contributed by atoms with Crippen LogP contribution in [-0.2, 0) is 0 Å². The lowest BCUT2D eigenvalue weighted by Crippen LogP contribution is -2.01. The van der Waals surface area contributed by atoms with E-state index >= 15 is 0 Å². The number of fused-ring (bicyclic) bond motifs is 13. The molecule has 0 aliphatic carbocycles. The summed E-state index contributed by atoms with van der Waals surface area (Å²) in [4.78, 5) is 15.3. The molecular formula is C51H30N4S. The van der Waals surface area contributed by atoms with Gasteiger partial charge in [-0.1, -0.05) is 152 Å². The van der Waals surface area contributed by atoms with Crippen LogP contribution in [0.5, 0.6) is 0 Å². The summed E-state index contributed by atoms with van der Waals surface area (Å²) >= 11 is 1.89. The fourth-order valence-electron chi connectivity index (χ4n) is 8.76. The van der Waals surface area contributed by atoms with Crippen LogP contribution in [0, 0.1) is 0 Å². The molecule has 0 N–H and O–H groups in total. The van der Waals surface area contributed by atoms with Crippen LogP contribution in [0.25, 0.3) is 114 Å². The van der Waals surface area contributed by atoms with Gasteiger partial charge in [0.05, 0.1) is 11.0 Å². The molecule has 0 atom stereocenters. The van der Waals surface area contributed by atoms with Gasteiger partial charge in [-0.15, -0.1) is 11.3 Å². The molecule has 0 aliphatic heterocycles. The van der Waals surface area contributed by atoms with Crippen molar-refractivity contribution in [2.45, 2.75) is 0 Å². The molecule has 3 aromatic heterocycles. The van der Waals surface area contributed by atoms with Crippen molar-refractivity contribution < 1.29 is 0 Å². The fourth-order valence-corrected chi connectivity index (χ4v) is 10.0. The molecule has 0 saturated carbocycles. The third-order valence-corrected chi connectivity index (χ3v) is 12.4. The number of benzene rings is 9. The molecular weight excluding hydrogens is 701 g/mol. The van der Waals surface area contributed by atoms with Crippen LogP contribution in [0.4, 0.5) is 0 Å². The van der Waals surface area contributed by atoms with Crippen molar-refractivity contribution in [2.24, 2.45) is 0 Å². The van der Waals surface area contributed by atoms with Gasteiger partial charge in [0.1, 0.15) is 0 Å². The molecule has 0 saturated heterocycles. The SMILES string of the molecule is c1ccc(-c2nc(-c3ccccc3)nc(-c3cccc4c5cc(-n6c7ccccc7c7c8sc9ccccc9c8ccc76)ccc5c5ccccc5c34)n2)cc1. The largest absolute Gasteiger partial charge is 0.309 e. The maximum Gasteiger partial charge on any atom is 0.164 e. The molecule has 0 bridgehead atoms. The van der Waals surface area contributed by atoms with E-state index in [4.69, 9.17) is 15.0 Å². The van der Waals surface area contributed by atoms with Crippen LogP contribution >= 0.6 is 11.3 Å². The maximum atomic E-state index is 5.18.